The number of carbonyl (C=O) groups is 2. The lowest BCUT2D eigenvalue weighted by atomic mass is 10.1. The van der Waals surface area contributed by atoms with E-state index in [1.807, 2.05) is 0 Å². The van der Waals surface area contributed by atoms with Gasteiger partial charge in [-0.25, -0.2) is 0 Å². The van der Waals surface area contributed by atoms with Crippen LogP contribution in [0.2, 0.25) is 0 Å². The number of hydrogen-bond donors (Lipinski definition) is 3. The lowest BCUT2D eigenvalue weighted by Gasteiger charge is -2.11. The maximum absolute atomic E-state index is 11.1. The minimum absolute atomic E-state index is 0.133. The predicted molar refractivity (Wildman–Crippen MR) is 63.6 cm³/mol. The van der Waals surface area contributed by atoms with Crippen LogP contribution in [0.1, 0.15) is 16.8 Å². The number of carbonyl (C=O) groups excluding carboxylic acids is 2. The van der Waals surface area contributed by atoms with Crippen molar-refractivity contribution in [1.29, 1.82) is 0 Å². The molecule has 0 fully saturated rings. The summed E-state index contributed by atoms with van der Waals surface area (Å²) in [6.07, 6.45) is 0.184. The summed E-state index contributed by atoms with van der Waals surface area (Å²) >= 11 is 0. The molecule has 5 N–H and O–H groups in total. The Kier molecular flexibility index (Phi) is 4.33. The summed E-state index contributed by atoms with van der Waals surface area (Å²) in [5.74, 6) is -0.545. The largest absolute Gasteiger partial charge is 0.490 e. The Hall–Kier alpha value is -2.24. The van der Waals surface area contributed by atoms with E-state index < -0.39 is 5.91 Å². The van der Waals surface area contributed by atoms with Crippen LogP contribution in [0.25, 0.3) is 0 Å². The zero-order chi connectivity index (χ0) is 12.8. The minimum atomic E-state index is -0.618. The lowest BCUT2D eigenvalue weighted by molar-refractivity contribution is -0.121. The van der Waals surface area contributed by atoms with Gasteiger partial charge < -0.3 is 21.5 Å². The Bertz CT molecular complexity index is 432. The van der Waals surface area contributed by atoms with Crippen LogP contribution in [0.15, 0.2) is 18.2 Å². The number of rotatable bonds is 5. The number of amides is 2. The van der Waals surface area contributed by atoms with Crippen LogP contribution in [-0.4, -0.2) is 25.5 Å². The molecule has 0 aromatic heterocycles. The molecule has 0 radical (unpaired) electrons. The van der Waals surface area contributed by atoms with Crippen molar-refractivity contribution in [2.45, 2.75) is 6.42 Å². The molecule has 0 aliphatic rings. The molecule has 1 aromatic rings. The van der Waals surface area contributed by atoms with Crippen molar-refractivity contribution in [3.8, 4) is 5.75 Å². The number of nitrogen functional groups attached to an aromatic ring is 1. The molecule has 0 heterocycles. The quantitative estimate of drug-likeness (QED) is 0.620. The van der Waals surface area contributed by atoms with Crippen LogP contribution < -0.4 is 21.5 Å². The van der Waals surface area contributed by atoms with Gasteiger partial charge in [-0.05, 0) is 12.1 Å². The zero-order valence-electron chi connectivity index (χ0n) is 9.53. The van der Waals surface area contributed by atoms with E-state index in [-0.39, 0.29) is 30.2 Å². The normalized spacial score (nSPS) is 9.71. The number of hydrogen-bond acceptors (Lipinski definition) is 4. The van der Waals surface area contributed by atoms with Crippen LogP contribution in [0.3, 0.4) is 0 Å². The van der Waals surface area contributed by atoms with Gasteiger partial charge in [0.05, 0.1) is 24.3 Å². The molecule has 0 spiro atoms. The van der Waals surface area contributed by atoms with Gasteiger partial charge >= 0.3 is 0 Å². The molecule has 1 rings (SSSR count). The number of primary amides is 1. The van der Waals surface area contributed by atoms with Crippen molar-refractivity contribution in [1.82, 2.24) is 5.32 Å². The van der Waals surface area contributed by atoms with Gasteiger partial charge in [-0.1, -0.05) is 6.07 Å². The predicted octanol–water partition coefficient (Wildman–Crippen LogP) is -0.117. The highest BCUT2D eigenvalue weighted by molar-refractivity contribution is 5.97. The van der Waals surface area contributed by atoms with Gasteiger partial charge in [0.2, 0.25) is 5.91 Å². The molecule has 2 amide bonds. The number of para-hydroxylation sites is 1. The first-order valence-corrected chi connectivity index (χ1v) is 5.08. The standard InChI is InChI=1S/C11H15N3O3/c1-14-9(15)5-6-17-10-7(11(13)16)3-2-4-8(10)12/h2-4H,5-6,12H2,1H3,(H2,13,16)(H,14,15). The Balaban J connectivity index is 2.76. The molecule has 92 valence electrons. The van der Waals surface area contributed by atoms with Gasteiger partial charge in [0.25, 0.3) is 5.91 Å². The first-order valence-electron chi connectivity index (χ1n) is 5.08. The molecule has 0 aliphatic heterocycles. The summed E-state index contributed by atoms with van der Waals surface area (Å²) in [5.41, 5.74) is 11.4. The van der Waals surface area contributed by atoms with Gasteiger partial charge in [-0.2, -0.15) is 0 Å². The summed E-state index contributed by atoms with van der Waals surface area (Å²) in [7, 11) is 1.54. The Morgan fingerprint density at radius 3 is 2.71 bits per heavy atom. The molecule has 0 bridgehead atoms. The average Bonchev–Trinajstić information content (AvgIpc) is 2.30. The second-order valence-corrected chi connectivity index (χ2v) is 3.36. The van der Waals surface area contributed by atoms with Crippen LogP contribution in [0.4, 0.5) is 5.69 Å². The van der Waals surface area contributed by atoms with E-state index in [2.05, 4.69) is 5.32 Å². The van der Waals surface area contributed by atoms with Gasteiger partial charge in [-0.15, -0.1) is 0 Å². The third-order valence-electron chi connectivity index (χ3n) is 2.17. The molecule has 17 heavy (non-hydrogen) atoms. The average molecular weight is 237 g/mol. The molecule has 0 aliphatic carbocycles. The van der Waals surface area contributed by atoms with Gasteiger partial charge in [0.15, 0.2) is 5.75 Å². The van der Waals surface area contributed by atoms with E-state index in [1.165, 1.54) is 13.1 Å². The molecule has 6 nitrogen and oxygen atoms in total. The highest BCUT2D eigenvalue weighted by Crippen LogP contribution is 2.25. The highest BCUT2D eigenvalue weighted by Gasteiger charge is 2.12. The van der Waals surface area contributed by atoms with E-state index in [4.69, 9.17) is 16.2 Å². The second kappa shape index (κ2) is 5.74. The minimum Gasteiger partial charge on any atom is -0.490 e. The van der Waals surface area contributed by atoms with Crippen LogP contribution >= 0.6 is 0 Å². The third-order valence-corrected chi connectivity index (χ3v) is 2.17. The first-order chi connectivity index (χ1) is 8.06. The molecular formula is C11H15N3O3. The summed E-state index contributed by atoms with van der Waals surface area (Å²) in [5, 5.41) is 2.46. The second-order valence-electron chi connectivity index (χ2n) is 3.36. The smallest absolute Gasteiger partial charge is 0.252 e. The highest BCUT2D eigenvalue weighted by atomic mass is 16.5. The fourth-order valence-electron chi connectivity index (χ4n) is 1.28. The monoisotopic (exact) mass is 237 g/mol. The third kappa shape index (κ3) is 3.37. The lowest BCUT2D eigenvalue weighted by Crippen LogP contribution is -2.21. The van der Waals surface area contributed by atoms with Crippen LogP contribution in [-0.2, 0) is 4.79 Å². The van der Waals surface area contributed by atoms with Crippen molar-refractivity contribution in [3.63, 3.8) is 0 Å². The number of nitrogens with two attached hydrogens (primary N) is 2. The Morgan fingerprint density at radius 2 is 2.12 bits per heavy atom. The molecule has 0 unspecified atom stereocenters. The van der Waals surface area contributed by atoms with Crippen LogP contribution in [0.5, 0.6) is 5.75 Å². The van der Waals surface area contributed by atoms with Crippen LogP contribution in [0, 0.1) is 0 Å². The summed E-state index contributed by atoms with van der Waals surface area (Å²) in [6, 6.07) is 4.73. The fourth-order valence-corrected chi connectivity index (χ4v) is 1.28. The van der Waals surface area contributed by atoms with E-state index in [9.17, 15) is 9.59 Å². The van der Waals surface area contributed by atoms with E-state index in [1.54, 1.807) is 12.1 Å². The van der Waals surface area contributed by atoms with Crippen molar-refractivity contribution in [2.75, 3.05) is 19.4 Å². The van der Waals surface area contributed by atoms with Gasteiger partial charge in [0, 0.05) is 7.05 Å². The van der Waals surface area contributed by atoms with Gasteiger partial charge in [-0.3, -0.25) is 9.59 Å². The maximum atomic E-state index is 11.1. The number of benzene rings is 1. The number of ether oxygens (including phenoxy) is 1. The molecule has 1 aromatic carbocycles. The Labute approximate surface area is 98.9 Å². The molecule has 0 saturated carbocycles. The topological polar surface area (TPSA) is 107 Å². The molecular weight excluding hydrogens is 222 g/mol. The summed E-state index contributed by atoms with van der Waals surface area (Å²) < 4.78 is 5.32. The van der Waals surface area contributed by atoms with Crippen molar-refractivity contribution in [2.24, 2.45) is 5.73 Å². The van der Waals surface area contributed by atoms with E-state index >= 15 is 0 Å². The fraction of sp³-hybridized carbons (Fsp3) is 0.273. The maximum Gasteiger partial charge on any atom is 0.252 e. The zero-order valence-corrected chi connectivity index (χ0v) is 9.53. The van der Waals surface area contributed by atoms with Gasteiger partial charge in [0.1, 0.15) is 0 Å². The van der Waals surface area contributed by atoms with Crippen molar-refractivity contribution in [3.05, 3.63) is 23.8 Å². The van der Waals surface area contributed by atoms with E-state index in [0.717, 1.165) is 0 Å². The first kappa shape index (κ1) is 12.8. The molecule has 0 atom stereocenters. The number of anilines is 1. The summed E-state index contributed by atoms with van der Waals surface area (Å²) in [4.78, 5) is 22.1. The SMILES string of the molecule is CNC(=O)CCOc1c(N)cccc1C(N)=O. The number of nitrogens with one attached hydrogen (secondary N) is 1. The molecule has 0 saturated heterocycles. The Morgan fingerprint density at radius 1 is 1.41 bits per heavy atom. The van der Waals surface area contributed by atoms with Crippen molar-refractivity contribution < 1.29 is 14.3 Å². The van der Waals surface area contributed by atoms with E-state index in [0.29, 0.717) is 5.69 Å². The molecule has 6 heteroatoms. The van der Waals surface area contributed by atoms with Crippen molar-refractivity contribution >= 4 is 17.5 Å². The summed E-state index contributed by atoms with van der Waals surface area (Å²) in [6.45, 7) is 0.133.